The Morgan fingerprint density at radius 2 is 1.46 bits per heavy atom. The smallest absolute Gasteiger partial charge is 0.204 e. The summed E-state index contributed by atoms with van der Waals surface area (Å²) in [4.78, 5) is 26.3. The number of hydrogen-bond acceptors (Lipinski definition) is 3. The summed E-state index contributed by atoms with van der Waals surface area (Å²) in [6.07, 6.45) is 0. The third kappa shape index (κ3) is 2.72. The summed E-state index contributed by atoms with van der Waals surface area (Å²) in [5.41, 5.74) is 0.991. The second-order valence-electron chi connectivity index (χ2n) is 5.81. The number of carbonyl (C=O) groups is 1. The van der Waals surface area contributed by atoms with E-state index >= 15 is 0 Å². The molecule has 0 saturated heterocycles. The first-order valence-corrected chi connectivity index (χ1v) is 8.45. The number of para-hydroxylation sites is 1. The second kappa shape index (κ2) is 6.62. The van der Waals surface area contributed by atoms with Crippen molar-refractivity contribution in [2.75, 3.05) is 0 Å². The van der Waals surface area contributed by atoms with E-state index < -0.39 is 5.78 Å². The molecule has 0 spiro atoms. The van der Waals surface area contributed by atoms with E-state index in [9.17, 15) is 9.59 Å². The highest BCUT2D eigenvalue weighted by atomic mass is 35.5. The zero-order valence-electron chi connectivity index (χ0n) is 13.6. The Hall–Kier alpha value is -3.17. The molecule has 0 aliphatic rings. The molecule has 0 fully saturated rings. The zero-order valence-corrected chi connectivity index (χ0v) is 14.4. The first-order chi connectivity index (χ1) is 12.7. The van der Waals surface area contributed by atoms with Crippen LogP contribution >= 0.6 is 11.6 Å². The average molecular weight is 361 g/mol. The van der Waals surface area contributed by atoms with E-state index in [4.69, 9.17) is 16.0 Å². The van der Waals surface area contributed by atoms with Crippen LogP contribution in [0.3, 0.4) is 0 Å². The number of fused-ring (bicyclic) bond motifs is 1. The molecule has 1 heterocycles. The molecule has 0 N–H and O–H groups in total. The van der Waals surface area contributed by atoms with Crippen LogP contribution in [0.25, 0.3) is 22.3 Å². The minimum Gasteiger partial charge on any atom is -0.455 e. The first-order valence-electron chi connectivity index (χ1n) is 8.07. The topological polar surface area (TPSA) is 47.3 Å². The largest absolute Gasteiger partial charge is 0.455 e. The Balaban J connectivity index is 2.07. The van der Waals surface area contributed by atoms with E-state index in [2.05, 4.69) is 0 Å². The van der Waals surface area contributed by atoms with Crippen LogP contribution in [0.5, 0.6) is 0 Å². The molecule has 0 amide bonds. The molecule has 0 radical (unpaired) electrons. The summed E-state index contributed by atoms with van der Waals surface area (Å²) in [6, 6.07) is 22.7. The van der Waals surface area contributed by atoms with Crippen LogP contribution in [-0.4, -0.2) is 5.78 Å². The van der Waals surface area contributed by atoms with E-state index in [0.29, 0.717) is 21.6 Å². The Morgan fingerprint density at radius 3 is 2.23 bits per heavy atom. The lowest BCUT2D eigenvalue weighted by atomic mass is 9.97. The molecule has 0 bridgehead atoms. The minimum atomic E-state index is -0.450. The summed E-state index contributed by atoms with van der Waals surface area (Å²) in [5.74, 6) is -0.201. The maximum absolute atomic E-state index is 13.2. The highest BCUT2D eigenvalue weighted by Crippen LogP contribution is 2.29. The van der Waals surface area contributed by atoms with Crippen LogP contribution in [0.2, 0.25) is 5.02 Å². The van der Waals surface area contributed by atoms with Gasteiger partial charge >= 0.3 is 0 Å². The van der Waals surface area contributed by atoms with Crippen LogP contribution in [0.1, 0.15) is 15.9 Å². The number of rotatable bonds is 3. The number of carbonyl (C=O) groups excluding carboxylic acids is 1. The lowest BCUT2D eigenvalue weighted by molar-refractivity contribution is 0.103. The molecule has 0 aliphatic heterocycles. The maximum Gasteiger partial charge on any atom is 0.204 e. The molecule has 0 unspecified atom stereocenters. The fourth-order valence-electron chi connectivity index (χ4n) is 2.92. The Bertz CT molecular complexity index is 1180. The van der Waals surface area contributed by atoms with Crippen LogP contribution < -0.4 is 5.43 Å². The molecule has 3 aromatic carbocycles. The van der Waals surface area contributed by atoms with Crippen molar-refractivity contribution in [3.8, 4) is 11.3 Å². The van der Waals surface area contributed by atoms with E-state index in [1.54, 1.807) is 60.7 Å². The highest BCUT2D eigenvalue weighted by Gasteiger charge is 2.24. The normalized spacial score (nSPS) is 10.8. The van der Waals surface area contributed by atoms with Gasteiger partial charge in [-0.1, -0.05) is 66.2 Å². The van der Waals surface area contributed by atoms with E-state index in [-0.39, 0.29) is 22.3 Å². The third-order valence-electron chi connectivity index (χ3n) is 4.18. The zero-order chi connectivity index (χ0) is 18.1. The fourth-order valence-corrected chi connectivity index (χ4v) is 3.14. The van der Waals surface area contributed by atoms with E-state index in [0.717, 1.165) is 0 Å². The molecule has 0 aliphatic carbocycles. The number of hydrogen-bond donors (Lipinski definition) is 0. The van der Waals surface area contributed by atoms with Crippen molar-refractivity contribution in [3.05, 3.63) is 105 Å². The molecule has 0 saturated carbocycles. The summed E-state index contributed by atoms with van der Waals surface area (Å²) >= 11 is 6.18. The number of benzene rings is 3. The minimum absolute atomic E-state index is 0.0111. The van der Waals surface area contributed by atoms with Crippen LogP contribution in [0.15, 0.2) is 88.1 Å². The van der Waals surface area contributed by atoms with Gasteiger partial charge in [-0.2, -0.15) is 0 Å². The molecule has 0 atom stereocenters. The summed E-state index contributed by atoms with van der Waals surface area (Å²) in [7, 11) is 0. The average Bonchev–Trinajstić information content (AvgIpc) is 2.68. The molecule has 1 aromatic heterocycles. The third-order valence-corrected chi connectivity index (χ3v) is 4.51. The van der Waals surface area contributed by atoms with E-state index in [1.807, 2.05) is 18.2 Å². The first kappa shape index (κ1) is 16.3. The lowest BCUT2D eigenvalue weighted by Gasteiger charge is -2.10. The van der Waals surface area contributed by atoms with Gasteiger partial charge in [0.25, 0.3) is 0 Å². The van der Waals surface area contributed by atoms with Gasteiger partial charge in [-0.05, 0) is 24.3 Å². The predicted octanol–water partition coefficient (Wildman–Crippen LogP) is 5.34. The molecule has 26 heavy (non-hydrogen) atoms. The van der Waals surface area contributed by atoms with Crippen LogP contribution in [0.4, 0.5) is 0 Å². The van der Waals surface area contributed by atoms with Crippen LogP contribution in [0, 0.1) is 0 Å². The lowest BCUT2D eigenvalue weighted by Crippen LogP contribution is -2.18. The molecule has 3 nitrogen and oxygen atoms in total. The monoisotopic (exact) mass is 360 g/mol. The molecule has 4 rings (SSSR count). The van der Waals surface area contributed by atoms with Crippen molar-refractivity contribution in [1.82, 2.24) is 0 Å². The molecule has 4 heteroatoms. The van der Waals surface area contributed by atoms with E-state index in [1.165, 1.54) is 0 Å². The molecule has 126 valence electrons. The van der Waals surface area contributed by atoms with Crippen molar-refractivity contribution >= 4 is 28.4 Å². The quantitative estimate of drug-likeness (QED) is 0.463. The van der Waals surface area contributed by atoms with Gasteiger partial charge in [0.15, 0.2) is 0 Å². The van der Waals surface area contributed by atoms with Gasteiger partial charge in [-0.25, -0.2) is 0 Å². The SMILES string of the molecule is O=C(c1ccccc1Cl)c1c(-c2ccccc2)oc2ccccc2c1=O. The number of ketones is 1. The van der Waals surface area contributed by atoms with Crippen molar-refractivity contribution in [3.63, 3.8) is 0 Å². The Labute approximate surface area is 154 Å². The van der Waals surface area contributed by atoms with Gasteiger partial charge in [0.05, 0.1) is 10.4 Å². The van der Waals surface area contributed by atoms with Crippen molar-refractivity contribution in [2.45, 2.75) is 0 Å². The van der Waals surface area contributed by atoms with Crippen molar-refractivity contribution in [1.29, 1.82) is 0 Å². The van der Waals surface area contributed by atoms with Gasteiger partial charge in [-0.15, -0.1) is 0 Å². The van der Waals surface area contributed by atoms with Gasteiger partial charge in [0.2, 0.25) is 11.2 Å². The number of halogens is 1. The van der Waals surface area contributed by atoms with Crippen molar-refractivity contribution < 1.29 is 9.21 Å². The maximum atomic E-state index is 13.2. The molecule has 4 aromatic rings. The van der Waals surface area contributed by atoms with Crippen molar-refractivity contribution in [2.24, 2.45) is 0 Å². The van der Waals surface area contributed by atoms with Gasteiger partial charge < -0.3 is 4.42 Å². The van der Waals surface area contributed by atoms with Gasteiger partial charge in [0, 0.05) is 11.1 Å². The fraction of sp³-hybridized carbons (Fsp3) is 0. The van der Waals surface area contributed by atoms with Gasteiger partial charge in [-0.3, -0.25) is 9.59 Å². The van der Waals surface area contributed by atoms with Crippen LogP contribution in [-0.2, 0) is 0 Å². The predicted molar refractivity (Wildman–Crippen MR) is 103 cm³/mol. The summed E-state index contributed by atoms with van der Waals surface area (Å²) < 4.78 is 5.98. The molecular formula is C22H13ClO3. The summed E-state index contributed by atoms with van der Waals surface area (Å²) in [5, 5.41) is 0.659. The Morgan fingerprint density at radius 1 is 0.808 bits per heavy atom. The highest BCUT2D eigenvalue weighted by molar-refractivity contribution is 6.35. The standard InChI is InChI=1S/C22H13ClO3/c23-17-12-6-4-10-15(17)20(24)19-21(25)16-11-5-7-13-18(16)26-22(19)14-8-2-1-3-9-14/h1-13H. The summed E-state index contributed by atoms with van der Waals surface area (Å²) in [6.45, 7) is 0. The molecular weight excluding hydrogens is 348 g/mol. The second-order valence-corrected chi connectivity index (χ2v) is 6.21. The Kier molecular flexibility index (Phi) is 4.15. The van der Waals surface area contributed by atoms with Gasteiger partial charge in [0.1, 0.15) is 16.9 Å².